The van der Waals surface area contributed by atoms with Crippen molar-refractivity contribution >= 4 is 57.1 Å². The maximum Gasteiger partial charge on any atom is 0.326 e. The lowest BCUT2D eigenvalue weighted by molar-refractivity contribution is -0.148. The topological polar surface area (TPSA) is 196 Å². The zero-order valence-electron chi connectivity index (χ0n) is 22.5. The Kier molecular flexibility index (Phi) is 14.4. The Morgan fingerprint density at radius 2 is 1.90 bits per heavy atom. The average molecular weight is 597 g/mol. The maximum atomic E-state index is 13.3. The Morgan fingerprint density at radius 3 is 2.62 bits per heavy atom. The zero-order chi connectivity index (χ0) is 29.5. The normalized spacial score (nSPS) is 26.2. The number of esters is 1. The number of hydrogen-bond donors (Lipinski definition) is 5. The van der Waals surface area contributed by atoms with E-state index in [0.29, 0.717) is 12.2 Å². The summed E-state index contributed by atoms with van der Waals surface area (Å²) < 4.78 is 5.43. The largest absolute Gasteiger partial charge is 0.456 e. The van der Waals surface area contributed by atoms with Gasteiger partial charge in [-0.3, -0.25) is 28.8 Å². The Balaban J connectivity index is 2.39. The lowest BCUT2D eigenvalue weighted by Gasteiger charge is -2.27. The number of allylic oxidation sites excluding steroid dienone is 1. The van der Waals surface area contributed by atoms with E-state index in [0.717, 1.165) is 0 Å². The summed E-state index contributed by atoms with van der Waals surface area (Å²) in [5.41, 5.74) is 0. The van der Waals surface area contributed by atoms with Crippen molar-refractivity contribution in [3.8, 4) is 6.07 Å². The third-order valence-electron chi connectivity index (χ3n) is 5.86. The number of carbonyl (C=O) groups excluding carboxylic acids is 6. The van der Waals surface area contributed by atoms with Crippen LogP contribution in [0.3, 0.4) is 0 Å². The molecule has 0 spiro atoms. The van der Waals surface area contributed by atoms with Crippen molar-refractivity contribution in [1.29, 1.82) is 5.26 Å². The van der Waals surface area contributed by atoms with E-state index in [-0.39, 0.29) is 43.9 Å². The number of carbonyl (C=O) groups is 6. The van der Waals surface area contributed by atoms with Crippen LogP contribution in [-0.4, -0.2) is 84.3 Å². The van der Waals surface area contributed by atoms with Gasteiger partial charge in [-0.1, -0.05) is 41.5 Å². The predicted octanol–water partition coefficient (Wildman–Crippen LogP) is -0.320. The first-order chi connectivity index (χ1) is 19.1. The second kappa shape index (κ2) is 17.4. The molecule has 40 heavy (non-hydrogen) atoms. The maximum absolute atomic E-state index is 13.3. The van der Waals surface area contributed by atoms with Gasteiger partial charge in [-0.2, -0.15) is 5.26 Å². The molecule has 2 heterocycles. The summed E-state index contributed by atoms with van der Waals surface area (Å²) in [5.74, 6) is -3.15. The molecule has 0 aromatic rings. The average Bonchev–Trinajstić information content (AvgIpc) is 2.90. The molecule has 5 N–H and O–H groups in total. The van der Waals surface area contributed by atoms with Crippen molar-refractivity contribution in [3.05, 3.63) is 12.2 Å². The summed E-state index contributed by atoms with van der Waals surface area (Å²) in [7, 11) is 2.85. The summed E-state index contributed by atoms with van der Waals surface area (Å²) in [6, 6.07) is -1.29. The van der Waals surface area contributed by atoms with Crippen molar-refractivity contribution in [2.24, 2.45) is 5.92 Å². The van der Waals surface area contributed by atoms with Gasteiger partial charge in [0.1, 0.15) is 30.8 Å². The molecule has 2 bridgehead atoms. The van der Waals surface area contributed by atoms with Crippen molar-refractivity contribution in [1.82, 2.24) is 26.6 Å². The Labute approximate surface area is 241 Å². The highest BCUT2D eigenvalue weighted by Gasteiger charge is 2.32. The number of rotatable bonds is 6. The molecule has 15 heteroatoms. The highest BCUT2D eigenvalue weighted by Crippen LogP contribution is 2.23. The fourth-order valence-corrected chi connectivity index (χ4v) is 5.89. The van der Waals surface area contributed by atoms with Gasteiger partial charge in [0.05, 0.1) is 18.9 Å². The molecule has 13 nitrogen and oxygen atoms in total. The van der Waals surface area contributed by atoms with Crippen molar-refractivity contribution < 1.29 is 33.5 Å². The van der Waals surface area contributed by atoms with Crippen LogP contribution >= 0.6 is 21.6 Å². The fourth-order valence-electron chi connectivity index (χ4n) is 3.74. The van der Waals surface area contributed by atoms with Crippen LogP contribution in [0.1, 0.15) is 46.0 Å². The number of hydrogen-bond acceptors (Lipinski definition) is 10. The summed E-state index contributed by atoms with van der Waals surface area (Å²) in [6.45, 7) is 3.16. The van der Waals surface area contributed by atoms with Gasteiger partial charge in [0.25, 0.3) is 0 Å². The van der Waals surface area contributed by atoms with Gasteiger partial charge in [-0.05, 0) is 24.8 Å². The van der Waals surface area contributed by atoms with Crippen LogP contribution in [0.25, 0.3) is 0 Å². The van der Waals surface area contributed by atoms with Crippen LogP contribution < -0.4 is 26.6 Å². The number of nitriles is 1. The first-order valence-corrected chi connectivity index (χ1v) is 15.5. The van der Waals surface area contributed by atoms with Gasteiger partial charge >= 0.3 is 5.97 Å². The van der Waals surface area contributed by atoms with E-state index in [1.54, 1.807) is 26.0 Å². The van der Waals surface area contributed by atoms with Crippen LogP contribution in [0.4, 0.5) is 0 Å². The number of nitrogens with zero attached hydrogens (tertiary/aromatic N) is 1. The molecular weight excluding hydrogens is 560 g/mol. The van der Waals surface area contributed by atoms with E-state index >= 15 is 0 Å². The van der Waals surface area contributed by atoms with Crippen molar-refractivity contribution in [2.45, 2.75) is 70.2 Å². The molecule has 2 aliphatic heterocycles. The second-order valence-corrected chi connectivity index (χ2v) is 12.1. The monoisotopic (exact) mass is 596 g/mol. The van der Waals surface area contributed by atoms with Gasteiger partial charge in [-0.15, -0.1) is 0 Å². The van der Waals surface area contributed by atoms with E-state index in [9.17, 15) is 28.8 Å². The van der Waals surface area contributed by atoms with Gasteiger partial charge in [0.15, 0.2) is 0 Å². The fraction of sp³-hybridized carbons (Fsp3) is 0.640. The quantitative estimate of drug-likeness (QED) is 0.117. The third kappa shape index (κ3) is 11.9. The van der Waals surface area contributed by atoms with E-state index in [1.807, 2.05) is 6.07 Å². The molecule has 4 atom stereocenters. The van der Waals surface area contributed by atoms with Crippen LogP contribution in [0.5, 0.6) is 0 Å². The molecule has 2 aliphatic rings. The Hall–Kier alpha value is -3.25. The molecule has 0 radical (unpaired) electrons. The molecule has 1 fully saturated rings. The second-order valence-electron chi connectivity index (χ2n) is 9.48. The van der Waals surface area contributed by atoms with Crippen molar-refractivity contribution in [2.75, 3.05) is 24.6 Å². The first-order valence-electron chi connectivity index (χ1n) is 13.0. The number of amides is 5. The molecule has 0 aromatic heterocycles. The Morgan fingerprint density at radius 1 is 1.12 bits per heavy atom. The Bertz CT molecular complexity index is 1020. The molecule has 0 saturated carbocycles. The molecule has 0 aliphatic carbocycles. The molecule has 220 valence electrons. The van der Waals surface area contributed by atoms with Crippen LogP contribution in [0, 0.1) is 17.2 Å². The summed E-state index contributed by atoms with van der Waals surface area (Å²) >= 11 is 0. The summed E-state index contributed by atoms with van der Waals surface area (Å²) in [5, 5.41) is 21.6. The van der Waals surface area contributed by atoms with Gasteiger partial charge in [0, 0.05) is 24.5 Å². The number of fused-ring (bicyclic) bond motifs is 7. The smallest absolute Gasteiger partial charge is 0.326 e. The van der Waals surface area contributed by atoms with Crippen molar-refractivity contribution in [3.63, 3.8) is 0 Å². The van der Waals surface area contributed by atoms with Crippen LogP contribution in [-0.2, 0) is 33.5 Å². The zero-order valence-corrected chi connectivity index (χ0v) is 24.2. The molecule has 1 saturated heterocycles. The van der Waals surface area contributed by atoms with Crippen LogP contribution in [0.15, 0.2) is 12.2 Å². The first kappa shape index (κ1) is 33.0. The SMILES string of the molecule is CC(C)[C@H]1NC(=O)[C@H]2CSSCC/C=C/[C@H](CC(=O)N[C@H](CCC(=O)NCCC#N)C(=O)N2)OC(=O)CNC1=O. The van der Waals surface area contributed by atoms with Gasteiger partial charge < -0.3 is 31.3 Å². The lowest BCUT2D eigenvalue weighted by Crippen LogP contribution is -2.59. The van der Waals surface area contributed by atoms with Crippen LogP contribution in [0.2, 0.25) is 0 Å². The highest BCUT2D eigenvalue weighted by molar-refractivity contribution is 8.76. The minimum absolute atomic E-state index is 0.0799. The molecular formula is C25H36N6O7S2. The third-order valence-corrected chi connectivity index (χ3v) is 8.31. The highest BCUT2D eigenvalue weighted by atomic mass is 33.1. The molecule has 0 unspecified atom stereocenters. The molecule has 0 aromatic carbocycles. The minimum Gasteiger partial charge on any atom is -0.456 e. The number of ether oxygens (including phenoxy) is 1. The molecule has 5 amide bonds. The van der Waals surface area contributed by atoms with Gasteiger partial charge in [-0.25, -0.2) is 0 Å². The summed E-state index contributed by atoms with van der Waals surface area (Å²) in [6.07, 6.45) is 2.64. The summed E-state index contributed by atoms with van der Waals surface area (Å²) in [4.78, 5) is 77.1. The number of nitrogens with one attached hydrogen (secondary N) is 5. The van der Waals surface area contributed by atoms with E-state index in [2.05, 4.69) is 26.6 Å². The minimum atomic E-state index is -1.18. The molecule has 2 rings (SSSR count). The predicted molar refractivity (Wildman–Crippen MR) is 149 cm³/mol. The standard InChI is InChI=1S/C25H36N6O7S2/c1-15(2)22-25(37)28-13-21(34)38-16-6-3-4-11-39-40-14-18(24(36)31-22)30-23(35)17(29-20(33)12-16)7-8-19(32)27-10-5-9-26/h3,6,15-18,22H,4-5,7-8,10-14H2,1-2H3,(H,27,32)(H,28,37)(H,29,33)(H,30,35)(H,31,36)/b6-3+/t16-,17-,18-,22-/m1/s1. The van der Waals surface area contributed by atoms with E-state index < -0.39 is 66.3 Å². The van der Waals surface area contributed by atoms with Gasteiger partial charge in [0.2, 0.25) is 29.5 Å². The van der Waals surface area contributed by atoms with E-state index in [1.165, 1.54) is 21.6 Å². The van der Waals surface area contributed by atoms with E-state index in [4.69, 9.17) is 10.00 Å². The lowest BCUT2D eigenvalue weighted by atomic mass is 10.0.